The minimum atomic E-state index is 0.00796. The number of hydrogen-bond acceptors (Lipinski definition) is 2. The highest BCUT2D eigenvalue weighted by atomic mass is 16.1. The van der Waals surface area contributed by atoms with E-state index in [1.54, 1.807) is 0 Å². The molecule has 82 valence electrons. The largest absolute Gasteiger partial charge is 0.370 e. The van der Waals surface area contributed by atoms with Crippen LogP contribution >= 0.6 is 0 Å². The summed E-state index contributed by atoms with van der Waals surface area (Å²) < 4.78 is 0. The van der Waals surface area contributed by atoms with Crippen LogP contribution in [0.5, 0.6) is 0 Å². The summed E-state index contributed by atoms with van der Waals surface area (Å²) >= 11 is 0. The van der Waals surface area contributed by atoms with Crippen molar-refractivity contribution in [2.24, 2.45) is 10.7 Å². The van der Waals surface area contributed by atoms with Gasteiger partial charge in [0.2, 0.25) is 5.91 Å². The van der Waals surface area contributed by atoms with E-state index in [2.05, 4.69) is 15.6 Å². The van der Waals surface area contributed by atoms with Crippen LogP contribution in [0.15, 0.2) is 4.99 Å². The molecular formula is C9H20N4O. The smallest absolute Gasteiger partial charge is 0.221 e. The lowest BCUT2D eigenvalue weighted by Gasteiger charge is -2.08. The van der Waals surface area contributed by atoms with Crippen molar-refractivity contribution in [3.05, 3.63) is 0 Å². The summed E-state index contributed by atoms with van der Waals surface area (Å²) in [5, 5.41) is 5.64. The predicted molar refractivity (Wildman–Crippen MR) is 58.1 cm³/mol. The summed E-state index contributed by atoms with van der Waals surface area (Å²) in [6.07, 6.45) is 0.383. The molecule has 5 nitrogen and oxygen atoms in total. The highest BCUT2D eigenvalue weighted by Crippen LogP contribution is 1.82. The zero-order valence-electron chi connectivity index (χ0n) is 9.13. The number of aliphatic imine (C=N–C) groups is 1. The molecule has 0 aliphatic carbocycles. The monoisotopic (exact) mass is 200 g/mol. The molecule has 0 bridgehead atoms. The van der Waals surface area contributed by atoms with E-state index in [-0.39, 0.29) is 11.9 Å². The van der Waals surface area contributed by atoms with Crippen molar-refractivity contribution in [2.45, 2.75) is 33.2 Å². The second-order valence-electron chi connectivity index (χ2n) is 3.27. The maximum absolute atomic E-state index is 11.0. The average Bonchev–Trinajstić information content (AvgIpc) is 2.02. The number of amides is 1. The average molecular weight is 200 g/mol. The van der Waals surface area contributed by atoms with Crippen molar-refractivity contribution in [1.29, 1.82) is 0 Å². The van der Waals surface area contributed by atoms with Gasteiger partial charge in [-0.1, -0.05) is 0 Å². The molecule has 0 radical (unpaired) electrons. The molecule has 14 heavy (non-hydrogen) atoms. The van der Waals surface area contributed by atoms with Gasteiger partial charge in [0, 0.05) is 19.0 Å². The first-order valence-corrected chi connectivity index (χ1v) is 4.89. The Labute approximate surface area is 85.2 Å². The Balaban J connectivity index is 3.64. The molecule has 0 spiro atoms. The Morgan fingerprint density at radius 2 is 2.14 bits per heavy atom. The predicted octanol–water partition coefficient (Wildman–Crippen LogP) is -0.175. The fourth-order valence-electron chi connectivity index (χ4n) is 0.905. The van der Waals surface area contributed by atoms with Gasteiger partial charge in [-0.05, 0) is 20.8 Å². The van der Waals surface area contributed by atoms with E-state index in [4.69, 9.17) is 5.73 Å². The molecule has 0 saturated heterocycles. The fraction of sp³-hybridized carbons (Fsp3) is 0.778. The summed E-state index contributed by atoms with van der Waals surface area (Å²) in [6.45, 7) is 6.92. The van der Waals surface area contributed by atoms with Crippen LogP contribution in [0.25, 0.3) is 0 Å². The number of nitrogens with zero attached hydrogens (tertiary/aromatic N) is 1. The van der Waals surface area contributed by atoms with Gasteiger partial charge in [0.25, 0.3) is 0 Å². The van der Waals surface area contributed by atoms with E-state index in [9.17, 15) is 4.79 Å². The van der Waals surface area contributed by atoms with Gasteiger partial charge in [0.05, 0.1) is 6.54 Å². The number of nitrogens with two attached hydrogens (primary N) is 1. The van der Waals surface area contributed by atoms with Crippen LogP contribution in [0.3, 0.4) is 0 Å². The van der Waals surface area contributed by atoms with Gasteiger partial charge in [-0.2, -0.15) is 0 Å². The van der Waals surface area contributed by atoms with Crippen LogP contribution in [0, 0.1) is 0 Å². The van der Waals surface area contributed by atoms with Crippen LogP contribution in [-0.2, 0) is 4.79 Å². The van der Waals surface area contributed by atoms with E-state index in [1.165, 1.54) is 0 Å². The lowest BCUT2D eigenvalue weighted by molar-refractivity contribution is -0.120. The lowest BCUT2D eigenvalue weighted by atomic mass is 10.4. The third kappa shape index (κ3) is 7.39. The number of carbonyl (C=O) groups excluding carboxylic acids is 1. The zero-order valence-corrected chi connectivity index (χ0v) is 9.13. The third-order valence-corrected chi connectivity index (χ3v) is 1.43. The molecule has 1 amide bonds. The minimum absolute atomic E-state index is 0.00796. The van der Waals surface area contributed by atoms with Crippen molar-refractivity contribution in [2.75, 3.05) is 13.1 Å². The molecule has 0 aliphatic rings. The van der Waals surface area contributed by atoms with E-state index < -0.39 is 0 Å². The zero-order chi connectivity index (χ0) is 11.0. The normalized spacial score (nSPS) is 11.6. The van der Waals surface area contributed by atoms with E-state index in [1.807, 2.05) is 20.8 Å². The summed E-state index contributed by atoms with van der Waals surface area (Å²) in [5.74, 6) is 0.401. The molecular weight excluding hydrogens is 180 g/mol. The van der Waals surface area contributed by atoms with Gasteiger partial charge in [0.15, 0.2) is 5.96 Å². The molecule has 0 saturated carbocycles. The van der Waals surface area contributed by atoms with Crippen molar-refractivity contribution < 1.29 is 4.79 Å². The van der Waals surface area contributed by atoms with Gasteiger partial charge < -0.3 is 16.4 Å². The van der Waals surface area contributed by atoms with E-state index >= 15 is 0 Å². The van der Waals surface area contributed by atoms with Gasteiger partial charge in [0.1, 0.15) is 0 Å². The van der Waals surface area contributed by atoms with E-state index in [0.717, 1.165) is 0 Å². The Morgan fingerprint density at radius 1 is 1.50 bits per heavy atom. The van der Waals surface area contributed by atoms with Crippen LogP contribution in [0.1, 0.15) is 27.2 Å². The molecule has 5 heteroatoms. The lowest BCUT2D eigenvalue weighted by Crippen LogP contribution is -2.37. The summed E-state index contributed by atoms with van der Waals surface area (Å²) in [5.41, 5.74) is 5.54. The van der Waals surface area contributed by atoms with Gasteiger partial charge >= 0.3 is 0 Å². The second-order valence-corrected chi connectivity index (χ2v) is 3.27. The second kappa shape index (κ2) is 7.17. The highest BCUT2D eigenvalue weighted by Gasteiger charge is 1.98. The van der Waals surface area contributed by atoms with Crippen molar-refractivity contribution in [1.82, 2.24) is 10.6 Å². The number of carbonyl (C=O) groups is 1. The molecule has 0 aromatic rings. The number of rotatable bonds is 5. The molecule has 0 aromatic heterocycles. The molecule has 0 heterocycles. The molecule has 0 aliphatic heterocycles. The van der Waals surface area contributed by atoms with Gasteiger partial charge in [-0.3, -0.25) is 9.79 Å². The first kappa shape index (κ1) is 12.7. The fourth-order valence-corrected chi connectivity index (χ4v) is 0.905. The Bertz CT molecular complexity index is 201. The van der Waals surface area contributed by atoms with Crippen LogP contribution in [0.2, 0.25) is 0 Å². The number of hydrogen-bond donors (Lipinski definition) is 3. The van der Waals surface area contributed by atoms with E-state index in [0.29, 0.717) is 25.5 Å². The number of guanidine groups is 1. The van der Waals surface area contributed by atoms with Gasteiger partial charge in [-0.25, -0.2) is 0 Å². The van der Waals surface area contributed by atoms with Crippen LogP contribution < -0.4 is 16.4 Å². The first-order chi connectivity index (χ1) is 6.56. The SMILES string of the molecule is CCNC(=O)CCN=C(N)NC(C)C. The summed E-state index contributed by atoms with van der Waals surface area (Å²) in [6, 6.07) is 0.267. The topological polar surface area (TPSA) is 79.5 Å². The molecule has 0 aromatic carbocycles. The first-order valence-electron chi connectivity index (χ1n) is 4.89. The minimum Gasteiger partial charge on any atom is -0.370 e. The summed E-state index contributed by atoms with van der Waals surface area (Å²) in [7, 11) is 0. The maximum atomic E-state index is 11.0. The quantitative estimate of drug-likeness (QED) is 0.425. The van der Waals surface area contributed by atoms with Crippen LogP contribution in [-0.4, -0.2) is 31.0 Å². The summed E-state index contributed by atoms with van der Waals surface area (Å²) in [4.78, 5) is 15.0. The molecule has 0 unspecified atom stereocenters. The molecule has 0 rings (SSSR count). The number of nitrogens with one attached hydrogen (secondary N) is 2. The van der Waals surface area contributed by atoms with Crippen molar-refractivity contribution >= 4 is 11.9 Å². The highest BCUT2D eigenvalue weighted by molar-refractivity contribution is 5.79. The Hall–Kier alpha value is -1.26. The third-order valence-electron chi connectivity index (χ3n) is 1.43. The standard InChI is InChI=1S/C9H20N4O/c1-4-11-8(14)5-6-12-9(10)13-7(2)3/h7H,4-6H2,1-3H3,(H,11,14)(H3,10,12,13). The Kier molecular flexibility index (Phi) is 6.53. The Morgan fingerprint density at radius 3 is 2.64 bits per heavy atom. The molecule has 0 fully saturated rings. The van der Waals surface area contributed by atoms with Gasteiger partial charge in [-0.15, -0.1) is 0 Å². The molecule has 0 atom stereocenters. The van der Waals surface area contributed by atoms with Crippen LogP contribution in [0.4, 0.5) is 0 Å². The molecule has 4 N–H and O–H groups in total. The van der Waals surface area contributed by atoms with Crippen molar-refractivity contribution in [3.63, 3.8) is 0 Å². The van der Waals surface area contributed by atoms with Crippen molar-refractivity contribution in [3.8, 4) is 0 Å². The maximum Gasteiger partial charge on any atom is 0.221 e.